The molecule has 0 fully saturated rings. The van der Waals surface area contributed by atoms with Gasteiger partial charge in [0.15, 0.2) is 11.5 Å². The molecule has 3 rings (SSSR count). The first kappa shape index (κ1) is 14.0. The van der Waals surface area contributed by atoms with E-state index in [4.69, 9.17) is 9.47 Å². The number of fused-ring (bicyclic) bond motifs is 1. The number of nitrogens with zero attached hydrogens (tertiary/aromatic N) is 1. The third-order valence-corrected chi connectivity index (χ3v) is 3.94. The molecule has 1 aliphatic rings. The van der Waals surface area contributed by atoms with Crippen LogP contribution in [-0.4, -0.2) is 24.5 Å². The molecule has 0 amide bonds. The Morgan fingerprint density at radius 2 is 2.00 bits per heavy atom. The number of aromatic nitrogens is 1. The summed E-state index contributed by atoms with van der Waals surface area (Å²) in [5, 5.41) is 3.12. The van der Waals surface area contributed by atoms with E-state index < -0.39 is 5.95 Å². The summed E-state index contributed by atoms with van der Waals surface area (Å²) in [7, 11) is 0. The molecule has 2 heterocycles. The SMILES string of the molecule is CSc1cc2c(cc1CNc1cccc(F)n1)OCCO2. The Labute approximate surface area is 126 Å². The van der Waals surface area contributed by atoms with Gasteiger partial charge in [0.1, 0.15) is 19.0 Å². The van der Waals surface area contributed by atoms with Crippen molar-refractivity contribution in [3.8, 4) is 11.5 Å². The van der Waals surface area contributed by atoms with Gasteiger partial charge in [-0.05, 0) is 36.1 Å². The molecule has 0 bridgehead atoms. The maximum atomic E-state index is 13.1. The standard InChI is InChI=1S/C15H15FN2O2S/c1-21-13-8-12-11(19-5-6-20-12)7-10(13)9-17-15-4-2-3-14(16)18-15/h2-4,7-8H,5-6,9H2,1H3,(H,17,18). The molecule has 1 aliphatic heterocycles. The van der Waals surface area contributed by atoms with E-state index in [1.807, 2.05) is 18.4 Å². The van der Waals surface area contributed by atoms with Gasteiger partial charge in [-0.3, -0.25) is 0 Å². The molecule has 110 valence electrons. The predicted octanol–water partition coefficient (Wildman–Crippen LogP) is 3.33. The van der Waals surface area contributed by atoms with Gasteiger partial charge in [-0.15, -0.1) is 11.8 Å². The highest BCUT2D eigenvalue weighted by Gasteiger charge is 2.15. The van der Waals surface area contributed by atoms with Gasteiger partial charge < -0.3 is 14.8 Å². The summed E-state index contributed by atoms with van der Waals surface area (Å²) in [4.78, 5) is 4.89. The lowest BCUT2D eigenvalue weighted by Crippen LogP contribution is -2.16. The first-order valence-corrected chi connectivity index (χ1v) is 7.81. The molecule has 1 aromatic carbocycles. The van der Waals surface area contributed by atoms with Crippen molar-refractivity contribution in [3.63, 3.8) is 0 Å². The molecular weight excluding hydrogens is 291 g/mol. The molecule has 4 nitrogen and oxygen atoms in total. The minimum absolute atomic E-state index is 0.493. The Morgan fingerprint density at radius 3 is 2.71 bits per heavy atom. The van der Waals surface area contributed by atoms with Crippen LogP contribution in [0.15, 0.2) is 35.2 Å². The van der Waals surface area contributed by atoms with E-state index >= 15 is 0 Å². The van der Waals surface area contributed by atoms with Crippen molar-refractivity contribution in [2.45, 2.75) is 11.4 Å². The summed E-state index contributed by atoms with van der Waals surface area (Å²) in [5.74, 6) is 1.55. The molecule has 1 aromatic heterocycles. The van der Waals surface area contributed by atoms with Gasteiger partial charge in [0, 0.05) is 11.4 Å². The van der Waals surface area contributed by atoms with Crippen molar-refractivity contribution < 1.29 is 13.9 Å². The number of thioether (sulfide) groups is 1. The minimum atomic E-state index is -0.493. The fourth-order valence-electron chi connectivity index (χ4n) is 2.13. The smallest absolute Gasteiger partial charge is 0.214 e. The van der Waals surface area contributed by atoms with Crippen molar-refractivity contribution in [2.75, 3.05) is 24.8 Å². The van der Waals surface area contributed by atoms with Crippen molar-refractivity contribution in [2.24, 2.45) is 0 Å². The second-order valence-corrected chi connectivity index (χ2v) is 5.35. The molecule has 2 aromatic rings. The molecule has 1 N–H and O–H groups in total. The zero-order chi connectivity index (χ0) is 14.7. The molecule has 0 unspecified atom stereocenters. The Kier molecular flexibility index (Phi) is 4.15. The molecule has 0 radical (unpaired) electrons. The Bertz CT molecular complexity index is 652. The van der Waals surface area contributed by atoms with Crippen LogP contribution in [-0.2, 0) is 6.54 Å². The molecular formula is C15H15FN2O2S. The zero-order valence-corrected chi connectivity index (χ0v) is 12.4. The highest BCUT2D eigenvalue weighted by molar-refractivity contribution is 7.98. The summed E-state index contributed by atoms with van der Waals surface area (Å²) in [5.41, 5.74) is 1.07. The van der Waals surface area contributed by atoms with Crippen molar-refractivity contribution in [1.29, 1.82) is 0 Å². The monoisotopic (exact) mass is 306 g/mol. The van der Waals surface area contributed by atoms with E-state index in [0.29, 0.717) is 25.6 Å². The summed E-state index contributed by atoms with van der Waals surface area (Å²) in [6.07, 6.45) is 2.01. The average Bonchev–Trinajstić information content (AvgIpc) is 2.52. The minimum Gasteiger partial charge on any atom is -0.486 e. The predicted molar refractivity (Wildman–Crippen MR) is 80.7 cm³/mol. The second kappa shape index (κ2) is 6.22. The lowest BCUT2D eigenvalue weighted by Gasteiger charge is -2.21. The maximum absolute atomic E-state index is 13.1. The van der Waals surface area contributed by atoms with E-state index in [2.05, 4.69) is 10.3 Å². The van der Waals surface area contributed by atoms with Crippen LogP contribution < -0.4 is 14.8 Å². The molecule has 0 saturated carbocycles. The largest absolute Gasteiger partial charge is 0.486 e. The van der Waals surface area contributed by atoms with Crippen molar-refractivity contribution in [3.05, 3.63) is 41.8 Å². The van der Waals surface area contributed by atoms with Crippen molar-refractivity contribution in [1.82, 2.24) is 4.98 Å². The Hall–Kier alpha value is -1.95. The number of rotatable bonds is 4. The van der Waals surface area contributed by atoms with Gasteiger partial charge in [0.2, 0.25) is 5.95 Å². The average molecular weight is 306 g/mol. The van der Waals surface area contributed by atoms with E-state index in [1.54, 1.807) is 23.9 Å². The number of nitrogens with one attached hydrogen (secondary N) is 1. The van der Waals surface area contributed by atoms with Gasteiger partial charge in [-0.25, -0.2) is 4.98 Å². The molecule has 0 aliphatic carbocycles. The summed E-state index contributed by atoms with van der Waals surface area (Å²) in [6, 6.07) is 8.63. The molecule has 0 atom stereocenters. The fourth-order valence-corrected chi connectivity index (χ4v) is 2.75. The maximum Gasteiger partial charge on any atom is 0.214 e. The number of halogens is 1. The normalized spacial score (nSPS) is 13.0. The van der Waals surface area contributed by atoms with Gasteiger partial charge in [-0.2, -0.15) is 4.39 Å². The van der Waals surface area contributed by atoms with Gasteiger partial charge in [-0.1, -0.05) is 6.07 Å². The highest BCUT2D eigenvalue weighted by Crippen LogP contribution is 2.36. The Balaban J connectivity index is 1.81. The van der Waals surface area contributed by atoms with Crippen LogP contribution >= 0.6 is 11.8 Å². The number of hydrogen-bond donors (Lipinski definition) is 1. The second-order valence-electron chi connectivity index (χ2n) is 4.51. The lowest BCUT2D eigenvalue weighted by molar-refractivity contribution is 0.171. The summed E-state index contributed by atoms with van der Waals surface area (Å²) < 4.78 is 24.2. The zero-order valence-electron chi connectivity index (χ0n) is 11.6. The molecule has 6 heteroatoms. The van der Waals surface area contributed by atoms with Crippen LogP contribution in [0.2, 0.25) is 0 Å². The quantitative estimate of drug-likeness (QED) is 0.693. The van der Waals surface area contributed by atoms with E-state index in [9.17, 15) is 4.39 Å². The van der Waals surface area contributed by atoms with Crippen LogP contribution in [0.1, 0.15) is 5.56 Å². The molecule has 0 spiro atoms. The fraction of sp³-hybridized carbons (Fsp3) is 0.267. The number of ether oxygens (including phenoxy) is 2. The van der Waals surface area contributed by atoms with Gasteiger partial charge in [0.25, 0.3) is 0 Å². The van der Waals surface area contributed by atoms with Gasteiger partial charge in [0.05, 0.1) is 0 Å². The number of hydrogen-bond acceptors (Lipinski definition) is 5. The first-order chi connectivity index (χ1) is 10.3. The van der Waals surface area contributed by atoms with Crippen LogP contribution in [0.3, 0.4) is 0 Å². The van der Waals surface area contributed by atoms with Crippen molar-refractivity contribution >= 4 is 17.6 Å². The van der Waals surface area contributed by atoms with Crippen LogP contribution in [0.25, 0.3) is 0 Å². The third-order valence-electron chi connectivity index (χ3n) is 3.12. The highest BCUT2D eigenvalue weighted by atomic mass is 32.2. The number of pyridine rings is 1. The topological polar surface area (TPSA) is 43.4 Å². The molecule has 21 heavy (non-hydrogen) atoms. The van der Waals surface area contributed by atoms with Crippen LogP contribution in [0.4, 0.5) is 10.2 Å². The molecule has 0 saturated heterocycles. The third kappa shape index (κ3) is 3.21. The van der Waals surface area contributed by atoms with Crippen LogP contribution in [0.5, 0.6) is 11.5 Å². The van der Waals surface area contributed by atoms with E-state index in [0.717, 1.165) is 22.0 Å². The lowest BCUT2D eigenvalue weighted by atomic mass is 10.2. The van der Waals surface area contributed by atoms with Gasteiger partial charge >= 0.3 is 0 Å². The Morgan fingerprint density at radius 1 is 1.24 bits per heavy atom. The number of anilines is 1. The van der Waals surface area contributed by atoms with E-state index in [1.165, 1.54) is 6.07 Å². The summed E-state index contributed by atoms with van der Waals surface area (Å²) >= 11 is 1.64. The van der Waals surface area contributed by atoms with E-state index in [-0.39, 0.29) is 0 Å². The summed E-state index contributed by atoms with van der Waals surface area (Å²) in [6.45, 7) is 1.68. The number of benzene rings is 1. The van der Waals surface area contributed by atoms with Crippen LogP contribution in [0, 0.1) is 5.95 Å². The first-order valence-electron chi connectivity index (χ1n) is 6.59.